The zero-order valence-corrected chi connectivity index (χ0v) is 10.4. The van der Waals surface area contributed by atoms with Crippen LogP contribution in [-0.4, -0.2) is 61.4 Å². The Hall–Kier alpha value is -1.34. The number of carbonyl (C=O) groups is 2. The van der Waals surface area contributed by atoms with E-state index in [-0.39, 0.29) is 25.0 Å². The van der Waals surface area contributed by atoms with Crippen molar-refractivity contribution >= 4 is 11.9 Å². The summed E-state index contributed by atoms with van der Waals surface area (Å²) in [6.45, 7) is 2.04. The van der Waals surface area contributed by atoms with Crippen molar-refractivity contribution in [1.29, 1.82) is 0 Å². The number of amides is 3. The quantitative estimate of drug-likeness (QED) is 0.527. The van der Waals surface area contributed by atoms with Gasteiger partial charge in [0.2, 0.25) is 5.91 Å². The Morgan fingerprint density at radius 1 is 1.44 bits per heavy atom. The van der Waals surface area contributed by atoms with Gasteiger partial charge in [0.25, 0.3) is 0 Å². The number of nitrogens with one attached hydrogen (secondary N) is 1. The average Bonchev–Trinajstić information content (AvgIpc) is 2.38. The predicted octanol–water partition coefficient (Wildman–Crippen LogP) is -1.10. The molecule has 1 saturated heterocycles. The van der Waals surface area contributed by atoms with Crippen LogP contribution < -0.4 is 11.1 Å². The second kappa shape index (κ2) is 7.88. The van der Waals surface area contributed by atoms with Crippen LogP contribution in [0.1, 0.15) is 12.8 Å². The molecule has 1 unspecified atom stereocenters. The normalized spacial score (nSPS) is 19.6. The number of hydrogen-bond donors (Lipinski definition) is 3. The first-order valence-corrected chi connectivity index (χ1v) is 6.16. The van der Waals surface area contributed by atoms with E-state index in [9.17, 15) is 9.59 Å². The van der Waals surface area contributed by atoms with E-state index in [0.717, 1.165) is 12.8 Å². The summed E-state index contributed by atoms with van der Waals surface area (Å²) in [5, 5.41) is 11.2. The molecule has 0 saturated carbocycles. The molecule has 4 N–H and O–H groups in total. The monoisotopic (exact) mass is 259 g/mol. The average molecular weight is 259 g/mol. The molecule has 0 aromatic rings. The molecular formula is C11H21N3O4. The zero-order valence-electron chi connectivity index (χ0n) is 10.4. The lowest BCUT2D eigenvalue weighted by atomic mass is 9.97. The Bertz CT molecular complexity index is 285. The number of aliphatic hydroxyl groups is 1. The maximum Gasteiger partial charge on any atom is 0.314 e. The van der Waals surface area contributed by atoms with E-state index >= 15 is 0 Å². The second-order valence-corrected chi connectivity index (χ2v) is 4.25. The highest BCUT2D eigenvalue weighted by Gasteiger charge is 2.26. The van der Waals surface area contributed by atoms with Gasteiger partial charge in [-0.25, -0.2) is 4.79 Å². The first-order valence-electron chi connectivity index (χ1n) is 6.16. The first kappa shape index (κ1) is 14.7. The highest BCUT2D eigenvalue weighted by molar-refractivity contribution is 5.80. The molecule has 18 heavy (non-hydrogen) atoms. The van der Waals surface area contributed by atoms with Gasteiger partial charge in [-0.15, -0.1) is 0 Å². The van der Waals surface area contributed by atoms with Crippen LogP contribution in [0.25, 0.3) is 0 Å². The van der Waals surface area contributed by atoms with Crippen molar-refractivity contribution < 1.29 is 19.4 Å². The summed E-state index contributed by atoms with van der Waals surface area (Å²) in [5.74, 6) is -0.266. The molecule has 1 rings (SSSR count). The smallest absolute Gasteiger partial charge is 0.314 e. The van der Waals surface area contributed by atoms with Gasteiger partial charge in [0.05, 0.1) is 25.7 Å². The molecule has 3 amide bonds. The Balaban J connectivity index is 2.22. The van der Waals surface area contributed by atoms with Crippen LogP contribution in [0.3, 0.4) is 0 Å². The third-order valence-electron chi connectivity index (χ3n) is 2.89. The minimum Gasteiger partial charge on any atom is -0.394 e. The van der Waals surface area contributed by atoms with Gasteiger partial charge in [-0.1, -0.05) is 0 Å². The molecule has 1 aliphatic rings. The van der Waals surface area contributed by atoms with Crippen molar-refractivity contribution in [3.8, 4) is 0 Å². The fourth-order valence-electron chi connectivity index (χ4n) is 1.95. The standard InChI is InChI=1S/C11H21N3O4/c12-11(17)14-4-1-2-9(8-14)10(16)13-3-6-18-7-5-15/h9,15H,1-8H2,(H2,12,17)(H,13,16). The Kier molecular flexibility index (Phi) is 6.45. The van der Waals surface area contributed by atoms with Crippen molar-refractivity contribution in [1.82, 2.24) is 10.2 Å². The van der Waals surface area contributed by atoms with Gasteiger partial charge < -0.3 is 25.8 Å². The molecule has 104 valence electrons. The molecule has 1 fully saturated rings. The van der Waals surface area contributed by atoms with Gasteiger partial charge in [-0.05, 0) is 12.8 Å². The molecule has 1 atom stereocenters. The van der Waals surface area contributed by atoms with E-state index in [4.69, 9.17) is 15.6 Å². The summed E-state index contributed by atoms with van der Waals surface area (Å²) in [6.07, 6.45) is 1.56. The minimum atomic E-state index is -0.473. The largest absolute Gasteiger partial charge is 0.394 e. The van der Waals surface area contributed by atoms with Crippen LogP contribution in [-0.2, 0) is 9.53 Å². The van der Waals surface area contributed by atoms with Crippen molar-refractivity contribution in [2.24, 2.45) is 11.7 Å². The zero-order chi connectivity index (χ0) is 13.4. The molecule has 0 aromatic heterocycles. The molecule has 7 heteroatoms. The molecule has 0 aliphatic carbocycles. The number of primary amides is 1. The fourth-order valence-corrected chi connectivity index (χ4v) is 1.95. The van der Waals surface area contributed by atoms with Gasteiger partial charge in [0.15, 0.2) is 0 Å². The van der Waals surface area contributed by atoms with Crippen LogP contribution >= 0.6 is 0 Å². The van der Waals surface area contributed by atoms with Crippen molar-refractivity contribution in [2.75, 3.05) is 39.5 Å². The van der Waals surface area contributed by atoms with Gasteiger partial charge in [-0.3, -0.25) is 4.79 Å². The van der Waals surface area contributed by atoms with Gasteiger partial charge in [-0.2, -0.15) is 0 Å². The maximum absolute atomic E-state index is 11.8. The summed E-state index contributed by atoms with van der Waals surface area (Å²) in [7, 11) is 0. The summed E-state index contributed by atoms with van der Waals surface area (Å²) in [6, 6.07) is -0.473. The summed E-state index contributed by atoms with van der Waals surface area (Å²) < 4.78 is 5.03. The summed E-state index contributed by atoms with van der Waals surface area (Å²) in [5.41, 5.74) is 5.20. The molecular weight excluding hydrogens is 238 g/mol. The second-order valence-electron chi connectivity index (χ2n) is 4.25. The highest BCUT2D eigenvalue weighted by Crippen LogP contribution is 2.16. The molecule has 1 aliphatic heterocycles. The van der Waals surface area contributed by atoms with E-state index in [2.05, 4.69) is 5.32 Å². The van der Waals surface area contributed by atoms with Crippen LogP contribution in [0.15, 0.2) is 0 Å². The lowest BCUT2D eigenvalue weighted by Gasteiger charge is -2.30. The van der Waals surface area contributed by atoms with E-state index in [0.29, 0.717) is 26.2 Å². The SMILES string of the molecule is NC(=O)N1CCCC(C(=O)NCCOCCO)C1. The number of nitrogens with zero attached hydrogens (tertiary/aromatic N) is 1. The van der Waals surface area contributed by atoms with Gasteiger partial charge >= 0.3 is 6.03 Å². The molecule has 0 spiro atoms. The molecule has 1 heterocycles. The van der Waals surface area contributed by atoms with Crippen molar-refractivity contribution in [3.05, 3.63) is 0 Å². The number of nitrogens with two attached hydrogens (primary N) is 1. The topological polar surface area (TPSA) is 105 Å². The lowest BCUT2D eigenvalue weighted by Crippen LogP contribution is -2.47. The summed E-state index contributed by atoms with van der Waals surface area (Å²) >= 11 is 0. The van der Waals surface area contributed by atoms with Crippen molar-refractivity contribution in [3.63, 3.8) is 0 Å². The number of hydrogen-bond acceptors (Lipinski definition) is 4. The Morgan fingerprint density at radius 3 is 2.89 bits per heavy atom. The fraction of sp³-hybridized carbons (Fsp3) is 0.818. The number of aliphatic hydroxyl groups excluding tert-OH is 1. The van der Waals surface area contributed by atoms with Crippen LogP contribution in [0, 0.1) is 5.92 Å². The number of urea groups is 1. The number of piperidine rings is 1. The molecule has 0 radical (unpaired) electrons. The highest BCUT2D eigenvalue weighted by atomic mass is 16.5. The van der Waals surface area contributed by atoms with E-state index in [1.165, 1.54) is 4.90 Å². The van der Waals surface area contributed by atoms with Gasteiger partial charge in [0.1, 0.15) is 0 Å². The van der Waals surface area contributed by atoms with E-state index in [1.807, 2.05) is 0 Å². The van der Waals surface area contributed by atoms with Crippen molar-refractivity contribution in [2.45, 2.75) is 12.8 Å². The number of ether oxygens (including phenoxy) is 1. The number of carbonyl (C=O) groups excluding carboxylic acids is 2. The maximum atomic E-state index is 11.8. The third-order valence-corrected chi connectivity index (χ3v) is 2.89. The minimum absolute atomic E-state index is 0.0237. The van der Waals surface area contributed by atoms with E-state index in [1.54, 1.807) is 0 Å². The number of rotatable bonds is 6. The molecule has 0 bridgehead atoms. The first-order chi connectivity index (χ1) is 8.65. The third kappa shape index (κ3) is 4.89. The van der Waals surface area contributed by atoms with Crippen LogP contribution in [0.5, 0.6) is 0 Å². The lowest BCUT2D eigenvalue weighted by molar-refractivity contribution is -0.126. The van der Waals surface area contributed by atoms with Crippen LogP contribution in [0.4, 0.5) is 4.79 Å². The van der Waals surface area contributed by atoms with E-state index < -0.39 is 6.03 Å². The predicted molar refractivity (Wildman–Crippen MR) is 64.8 cm³/mol. The summed E-state index contributed by atoms with van der Waals surface area (Å²) in [4.78, 5) is 24.3. The molecule has 7 nitrogen and oxygen atoms in total. The Labute approximate surface area is 106 Å². The van der Waals surface area contributed by atoms with Crippen LogP contribution in [0.2, 0.25) is 0 Å². The Morgan fingerprint density at radius 2 is 2.22 bits per heavy atom. The van der Waals surface area contributed by atoms with Gasteiger partial charge in [0, 0.05) is 19.6 Å². The number of likely N-dealkylation sites (tertiary alicyclic amines) is 1. The molecule has 0 aromatic carbocycles.